The largest absolute Gasteiger partial charge is 0.295 e. The molecule has 8 nitrogen and oxygen atoms in total. The van der Waals surface area contributed by atoms with Crippen molar-refractivity contribution < 1.29 is 21.6 Å². The molecule has 0 aliphatic carbocycles. The predicted octanol–water partition coefficient (Wildman–Crippen LogP) is 2.48. The first kappa shape index (κ1) is 23.9. The van der Waals surface area contributed by atoms with Crippen molar-refractivity contribution in [3.8, 4) is 0 Å². The van der Waals surface area contributed by atoms with Crippen molar-refractivity contribution in [2.75, 3.05) is 29.7 Å². The number of benzene rings is 1. The lowest BCUT2D eigenvalue weighted by Crippen LogP contribution is -2.38. The quantitative estimate of drug-likeness (QED) is 0.585. The molecule has 1 amide bonds. The number of sulfonamides is 2. The van der Waals surface area contributed by atoms with Crippen molar-refractivity contribution >= 4 is 43.0 Å². The fourth-order valence-corrected chi connectivity index (χ4v) is 7.31. The molecule has 1 aliphatic heterocycles. The molecule has 1 aliphatic rings. The molecular weight excluding hydrogens is 458 g/mol. The Hall–Kier alpha value is -1.79. The summed E-state index contributed by atoms with van der Waals surface area (Å²) < 4.78 is 54.2. The van der Waals surface area contributed by atoms with Crippen LogP contribution in [0.5, 0.6) is 0 Å². The van der Waals surface area contributed by atoms with Crippen LogP contribution in [0.4, 0.5) is 5.69 Å². The Morgan fingerprint density at radius 3 is 2.48 bits per heavy atom. The number of anilines is 1. The molecule has 1 fully saturated rings. The van der Waals surface area contributed by atoms with E-state index in [2.05, 4.69) is 9.62 Å². The summed E-state index contributed by atoms with van der Waals surface area (Å²) in [4.78, 5) is 15.3. The first-order valence-corrected chi connectivity index (χ1v) is 14.0. The van der Waals surface area contributed by atoms with Crippen molar-refractivity contribution in [1.82, 2.24) is 9.62 Å². The van der Waals surface area contributed by atoms with Gasteiger partial charge in [0.15, 0.2) is 0 Å². The van der Waals surface area contributed by atoms with E-state index >= 15 is 0 Å². The Kier molecular flexibility index (Phi) is 7.21. The third-order valence-electron chi connectivity index (χ3n) is 5.37. The number of nitrogens with zero attached hydrogens (tertiary/aromatic N) is 2. The number of likely N-dealkylation sites (N-methyl/N-ethyl adjacent to an activating group) is 1. The molecule has 1 saturated heterocycles. The summed E-state index contributed by atoms with van der Waals surface area (Å²) in [7, 11) is -7.71. The highest BCUT2D eigenvalue weighted by molar-refractivity contribution is 7.94. The van der Waals surface area contributed by atoms with E-state index < -0.39 is 26.0 Å². The Bertz CT molecular complexity index is 1140. The van der Waals surface area contributed by atoms with E-state index in [0.717, 1.165) is 18.0 Å². The van der Waals surface area contributed by atoms with Crippen molar-refractivity contribution in [3.05, 3.63) is 46.2 Å². The molecule has 0 spiro atoms. The topological polar surface area (TPSA) is 104 Å². The van der Waals surface area contributed by atoms with Gasteiger partial charge in [0.2, 0.25) is 26.0 Å². The summed E-state index contributed by atoms with van der Waals surface area (Å²) in [5, 5.41) is 1.96. The van der Waals surface area contributed by atoms with Crippen LogP contribution in [0.1, 0.15) is 36.8 Å². The number of carbonyl (C=O) groups excluding carboxylic acids is 1. The molecule has 0 radical (unpaired) electrons. The molecule has 170 valence electrons. The number of nitrogens with one attached hydrogen (secondary N) is 1. The highest BCUT2D eigenvalue weighted by Gasteiger charge is 2.37. The average molecular weight is 486 g/mol. The van der Waals surface area contributed by atoms with Gasteiger partial charge in [0.25, 0.3) is 0 Å². The van der Waals surface area contributed by atoms with Gasteiger partial charge in [-0.1, -0.05) is 26.0 Å². The molecule has 3 rings (SSSR count). The molecule has 1 N–H and O–H groups in total. The zero-order chi connectivity index (χ0) is 22.8. The van der Waals surface area contributed by atoms with Gasteiger partial charge in [-0.3, -0.25) is 9.69 Å². The Morgan fingerprint density at radius 2 is 1.94 bits per heavy atom. The summed E-state index contributed by atoms with van der Waals surface area (Å²) in [6.45, 7) is 7.41. The standard InChI is InChI=1S/C20H27N3O5S3/c1-4-22(5-2)17(18-7-6-11-29-18)14-21-31(27,28)19-13-16(9-8-15(19)3)23-20(24)10-12-30(23,25)26/h6-9,11,13,17,21H,4-5,10,12,14H2,1-3H3. The van der Waals surface area contributed by atoms with Crippen LogP contribution in [0.3, 0.4) is 0 Å². The highest BCUT2D eigenvalue weighted by atomic mass is 32.2. The molecule has 2 heterocycles. The second-order valence-electron chi connectivity index (χ2n) is 7.28. The number of carbonyl (C=O) groups is 1. The van der Waals surface area contributed by atoms with Crippen LogP contribution in [-0.2, 0) is 24.8 Å². The van der Waals surface area contributed by atoms with E-state index in [1.54, 1.807) is 18.3 Å². The highest BCUT2D eigenvalue weighted by Crippen LogP contribution is 2.30. The molecule has 0 bridgehead atoms. The molecule has 0 saturated carbocycles. The zero-order valence-corrected chi connectivity index (χ0v) is 20.2. The summed E-state index contributed by atoms with van der Waals surface area (Å²) >= 11 is 1.57. The first-order valence-electron chi connectivity index (χ1n) is 10.0. The third-order valence-corrected chi connectivity index (χ3v) is 9.60. The molecular formula is C20H27N3O5S3. The van der Waals surface area contributed by atoms with E-state index in [0.29, 0.717) is 9.87 Å². The van der Waals surface area contributed by atoms with E-state index in [1.807, 2.05) is 31.4 Å². The maximum atomic E-state index is 13.2. The summed E-state index contributed by atoms with van der Waals surface area (Å²) in [6.07, 6.45) is -0.108. The SMILES string of the molecule is CCN(CC)C(CNS(=O)(=O)c1cc(N2C(=O)CCS2(=O)=O)ccc1C)c1cccs1. The Morgan fingerprint density at radius 1 is 1.23 bits per heavy atom. The van der Waals surface area contributed by atoms with Gasteiger partial charge in [0.05, 0.1) is 22.4 Å². The number of aryl methyl sites for hydroxylation is 1. The number of amides is 1. The average Bonchev–Trinajstić information content (AvgIpc) is 3.33. The first-order chi connectivity index (χ1) is 14.6. The second-order valence-corrected chi connectivity index (χ2v) is 11.9. The van der Waals surface area contributed by atoms with Crippen LogP contribution in [0.15, 0.2) is 40.6 Å². The lowest BCUT2D eigenvalue weighted by Gasteiger charge is -2.29. The smallest absolute Gasteiger partial charge is 0.242 e. The summed E-state index contributed by atoms with van der Waals surface area (Å²) in [6, 6.07) is 8.04. The summed E-state index contributed by atoms with van der Waals surface area (Å²) in [5.41, 5.74) is 0.517. The number of thiophene rings is 1. The minimum absolute atomic E-state index is 0.0376. The number of rotatable bonds is 9. The molecule has 31 heavy (non-hydrogen) atoms. The normalized spacial score (nSPS) is 17.4. The van der Waals surface area contributed by atoms with Crippen molar-refractivity contribution in [2.24, 2.45) is 0 Å². The van der Waals surface area contributed by atoms with Crippen molar-refractivity contribution in [1.29, 1.82) is 0 Å². The Labute approximate surface area is 188 Å². The van der Waals surface area contributed by atoms with Crippen LogP contribution in [0.25, 0.3) is 0 Å². The lowest BCUT2D eigenvalue weighted by molar-refractivity contribution is -0.116. The van der Waals surface area contributed by atoms with Crippen LogP contribution in [-0.4, -0.2) is 53.0 Å². The molecule has 1 aromatic carbocycles. The fraction of sp³-hybridized carbons (Fsp3) is 0.450. The van der Waals surface area contributed by atoms with Crippen molar-refractivity contribution in [2.45, 2.75) is 38.1 Å². The van der Waals surface area contributed by atoms with E-state index in [9.17, 15) is 21.6 Å². The molecule has 1 unspecified atom stereocenters. The molecule has 2 aromatic rings. The minimum atomic E-state index is -3.94. The fourth-order valence-electron chi connectivity index (χ4n) is 3.69. The maximum Gasteiger partial charge on any atom is 0.242 e. The monoisotopic (exact) mass is 485 g/mol. The molecule has 1 atom stereocenters. The predicted molar refractivity (Wildman–Crippen MR) is 122 cm³/mol. The van der Waals surface area contributed by atoms with Crippen LogP contribution in [0, 0.1) is 6.92 Å². The van der Waals surface area contributed by atoms with Crippen LogP contribution in [0.2, 0.25) is 0 Å². The molecule has 1 aromatic heterocycles. The zero-order valence-electron chi connectivity index (χ0n) is 17.7. The van der Waals surface area contributed by atoms with Crippen molar-refractivity contribution in [3.63, 3.8) is 0 Å². The molecule has 11 heteroatoms. The number of hydrogen-bond donors (Lipinski definition) is 1. The lowest BCUT2D eigenvalue weighted by atomic mass is 10.2. The van der Waals surface area contributed by atoms with Gasteiger partial charge in [-0.25, -0.2) is 25.9 Å². The Balaban J connectivity index is 1.90. The summed E-state index contributed by atoms with van der Waals surface area (Å²) in [5.74, 6) is -0.827. The van der Waals surface area contributed by atoms with Crippen LogP contribution >= 0.6 is 11.3 Å². The van der Waals surface area contributed by atoms with Crippen LogP contribution < -0.4 is 9.03 Å². The second kappa shape index (κ2) is 9.37. The third kappa shape index (κ3) is 5.01. The van der Waals surface area contributed by atoms with E-state index in [1.165, 1.54) is 18.2 Å². The van der Waals surface area contributed by atoms with Gasteiger partial charge < -0.3 is 0 Å². The van der Waals surface area contributed by atoms with Gasteiger partial charge in [0.1, 0.15) is 0 Å². The van der Waals surface area contributed by atoms with Gasteiger partial charge in [-0.2, -0.15) is 0 Å². The van der Waals surface area contributed by atoms with Gasteiger partial charge in [-0.05, 0) is 49.2 Å². The number of hydrogen-bond acceptors (Lipinski definition) is 7. The van der Waals surface area contributed by atoms with Gasteiger partial charge >= 0.3 is 0 Å². The maximum absolute atomic E-state index is 13.2. The van der Waals surface area contributed by atoms with E-state index in [-0.39, 0.29) is 35.3 Å². The van der Waals surface area contributed by atoms with E-state index in [4.69, 9.17) is 0 Å². The van der Waals surface area contributed by atoms with Gasteiger partial charge in [0, 0.05) is 17.8 Å². The van der Waals surface area contributed by atoms with Gasteiger partial charge in [-0.15, -0.1) is 11.3 Å². The minimum Gasteiger partial charge on any atom is -0.295 e.